The molecule has 0 heterocycles. The Labute approximate surface area is 559 Å². The molecule has 2 atom stereocenters. The molecule has 3 N–H and O–H groups in total. The first kappa shape index (κ1) is 86.6. The van der Waals surface area contributed by atoms with Crippen LogP contribution in [0.25, 0.3) is 0 Å². The van der Waals surface area contributed by atoms with E-state index in [1.807, 2.05) is 0 Å². The molecule has 0 bridgehead atoms. The van der Waals surface area contributed by atoms with Crippen LogP contribution in [0.3, 0.4) is 0 Å². The third-order valence-corrected chi connectivity index (χ3v) is 16.4. The molecule has 2 unspecified atom stereocenters. The summed E-state index contributed by atoms with van der Waals surface area (Å²) in [5.74, 6) is -0.865. The van der Waals surface area contributed by atoms with Gasteiger partial charge in [0.2, 0.25) is 0 Å². The average molecular weight is 1280 g/mol. The minimum atomic E-state index is -4.41. The molecule has 0 aliphatic rings. The van der Waals surface area contributed by atoms with Crippen LogP contribution in [0.2, 0.25) is 0 Å². The quantitative estimate of drug-likeness (QED) is 0.0264. The fourth-order valence-electron chi connectivity index (χ4n) is 10.0. The van der Waals surface area contributed by atoms with Gasteiger partial charge in [-0.2, -0.15) is 0 Å². The molecule has 9 nitrogen and oxygen atoms in total. The molecule has 0 saturated heterocycles. The predicted octanol–water partition coefficient (Wildman–Crippen LogP) is 24.7. The first-order valence-electron chi connectivity index (χ1n) is 37.0. The third-order valence-electron chi connectivity index (χ3n) is 15.4. The normalized spacial score (nSPS) is 13.8. The lowest BCUT2D eigenvalue weighted by Gasteiger charge is -2.19. The lowest BCUT2D eigenvalue weighted by molar-refractivity contribution is -0.161. The monoisotopic (exact) mass is 1280 g/mol. The molecule has 0 saturated carbocycles. The molecule has 0 rings (SSSR count). The van der Waals surface area contributed by atoms with Gasteiger partial charge in [0.15, 0.2) is 6.10 Å². The number of hydrogen-bond donors (Lipinski definition) is 2. The molecule has 0 aromatic heterocycles. The van der Waals surface area contributed by atoms with Crippen molar-refractivity contribution in [1.29, 1.82) is 0 Å². The SMILES string of the molecule is CC/C=C\C/C=C\C/C=C\C/C=C\C/C=C\C/C=C\C/C=C\C/C=C\C/C=C\CCCCCC(=O)OC(COC(=O)CCCCCCCCCCCCCCCCCCCCCCCCCCCC/C=C\C/C=C\C/C=C\C/C=C\CC)COP(=O)(O)OCCN. The van der Waals surface area contributed by atoms with E-state index >= 15 is 0 Å². The van der Waals surface area contributed by atoms with E-state index in [-0.39, 0.29) is 32.6 Å². The highest BCUT2D eigenvalue weighted by atomic mass is 31.2. The molecule has 91 heavy (non-hydrogen) atoms. The van der Waals surface area contributed by atoms with Crippen LogP contribution in [-0.4, -0.2) is 49.3 Å². The Kier molecular flexibility index (Phi) is 71.1. The first-order valence-corrected chi connectivity index (χ1v) is 38.5. The van der Waals surface area contributed by atoms with Gasteiger partial charge in [0.1, 0.15) is 6.61 Å². The summed E-state index contributed by atoms with van der Waals surface area (Å²) < 4.78 is 33.2. The van der Waals surface area contributed by atoms with Crippen molar-refractivity contribution >= 4 is 19.8 Å². The minimum absolute atomic E-state index is 0.0413. The van der Waals surface area contributed by atoms with Crippen molar-refractivity contribution in [2.75, 3.05) is 26.4 Å². The topological polar surface area (TPSA) is 134 Å². The summed E-state index contributed by atoms with van der Waals surface area (Å²) in [6.07, 6.45) is 109. The highest BCUT2D eigenvalue weighted by molar-refractivity contribution is 7.47. The van der Waals surface area contributed by atoms with Crippen LogP contribution in [-0.2, 0) is 32.7 Å². The van der Waals surface area contributed by atoms with Gasteiger partial charge >= 0.3 is 19.8 Å². The second-order valence-corrected chi connectivity index (χ2v) is 25.5. The maximum absolute atomic E-state index is 12.8. The van der Waals surface area contributed by atoms with Crippen molar-refractivity contribution in [2.24, 2.45) is 5.73 Å². The number of ether oxygens (including phenoxy) is 2. The van der Waals surface area contributed by atoms with Crippen LogP contribution < -0.4 is 5.73 Å². The van der Waals surface area contributed by atoms with Crippen molar-refractivity contribution in [3.8, 4) is 0 Å². The van der Waals surface area contributed by atoms with Gasteiger partial charge < -0.3 is 20.1 Å². The molecular formula is C81H136NO8P. The summed E-state index contributed by atoms with van der Waals surface area (Å²) in [4.78, 5) is 35.4. The maximum Gasteiger partial charge on any atom is 0.472 e. The van der Waals surface area contributed by atoms with Gasteiger partial charge in [-0.05, 0) is 122 Å². The average Bonchev–Trinajstić information content (AvgIpc) is 3.71. The Morgan fingerprint density at radius 2 is 0.571 bits per heavy atom. The van der Waals surface area contributed by atoms with Gasteiger partial charge in [0.05, 0.1) is 13.2 Å². The van der Waals surface area contributed by atoms with E-state index < -0.39 is 32.5 Å². The number of rotatable bonds is 68. The Hall–Kier alpha value is -4.37. The van der Waals surface area contributed by atoms with Crippen LogP contribution in [0.4, 0.5) is 0 Å². The molecule has 0 radical (unpaired) electrons. The number of unbranched alkanes of at least 4 members (excludes halogenated alkanes) is 29. The van der Waals surface area contributed by atoms with E-state index in [0.29, 0.717) is 6.42 Å². The van der Waals surface area contributed by atoms with E-state index in [1.165, 1.54) is 154 Å². The fourth-order valence-corrected chi connectivity index (χ4v) is 10.8. The molecule has 0 spiro atoms. The number of carbonyl (C=O) groups is 2. The summed E-state index contributed by atoms with van der Waals surface area (Å²) in [5.41, 5.74) is 5.40. The van der Waals surface area contributed by atoms with E-state index in [0.717, 1.165) is 122 Å². The highest BCUT2D eigenvalue weighted by Gasteiger charge is 2.26. The van der Waals surface area contributed by atoms with Crippen LogP contribution >= 0.6 is 7.82 Å². The van der Waals surface area contributed by atoms with E-state index in [2.05, 4.69) is 172 Å². The smallest absolute Gasteiger partial charge is 0.462 e. The zero-order valence-electron chi connectivity index (χ0n) is 58.3. The minimum Gasteiger partial charge on any atom is -0.462 e. The Bertz CT molecular complexity index is 2050. The molecule has 0 aromatic carbocycles. The number of phosphoric acid groups is 1. The predicted molar refractivity (Wildman–Crippen MR) is 394 cm³/mol. The second kappa shape index (κ2) is 74.7. The second-order valence-electron chi connectivity index (χ2n) is 24.0. The van der Waals surface area contributed by atoms with Crippen LogP contribution in [0.5, 0.6) is 0 Å². The van der Waals surface area contributed by atoms with E-state index in [1.54, 1.807) is 0 Å². The standard InChI is InChI=1S/C81H136NO8P/c1-3-5-7-9-11-13-15-17-19-21-23-25-27-29-31-33-35-36-37-38-39-40-41-42-44-45-47-49-51-53-55-57-59-61-63-65-67-69-71-73-80(83)87-77-79(78-89-91(85,86)88-76-75-82)90-81(84)74-72-70-68-66-64-62-60-58-56-54-52-50-48-46-43-34-32-30-28-26-24-22-20-18-16-14-12-10-8-6-4-2/h5-8,11-14,17-20,23-26,30,32,43,46,50,52,56,58,62,64,79H,3-4,9-10,15-16,21-22,27-29,31,33-42,44-45,47-49,51,53-55,57,59-61,63,65-78,82H2,1-2H3,(H,85,86)/b7-5-,8-6-,13-11-,14-12-,19-17-,20-18-,25-23-,26-24-,32-30-,46-43-,52-50-,58-56-,64-62-. The molecule has 0 fully saturated rings. The van der Waals surface area contributed by atoms with Crippen molar-refractivity contribution in [2.45, 2.75) is 315 Å². The van der Waals surface area contributed by atoms with Crippen molar-refractivity contribution < 1.29 is 37.6 Å². The summed E-state index contributed by atoms with van der Waals surface area (Å²) in [7, 11) is -4.41. The number of carbonyl (C=O) groups excluding carboxylic acids is 2. The maximum atomic E-state index is 12.8. The Morgan fingerprint density at radius 3 is 0.857 bits per heavy atom. The van der Waals surface area contributed by atoms with Crippen molar-refractivity contribution in [1.82, 2.24) is 0 Å². The summed E-state index contributed by atoms with van der Waals surface area (Å²) in [6, 6.07) is 0. The zero-order chi connectivity index (χ0) is 65.8. The summed E-state index contributed by atoms with van der Waals surface area (Å²) in [6.45, 7) is 3.49. The number of hydrogen-bond acceptors (Lipinski definition) is 8. The summed E-state index contributed by atoms with van der Waals surface area (Å²) in [5, 5.41) is 0. The van der Waals surface area contributed by atoms with Crippen LogP contribution in [0.1, 0.15) is 309 Å². The van der Waals surface area contributed by atoms with Gasteiger partial charge in [0, 0.05) is 19.4 Å². The van der Waals surface area contributed by atoms with Crippen molar-refractivity contribution in [3.63, 3.8) is 0 Å². The van der Waals surface area contributed by atoms with E-state index in [9.17, 15) is 19.0 Å². The number of nitrogens with two attached hydrogens (primary N) is 1. The van der Waals surface area contributed by atoms with Gasteiger partial charge in [0.25, 0.3) is 0 Å². The molecule has 0 aliphatic carbocycles. The highest BCUT2D eigenvalue weighted by Crippen LogP contribution is 2.43. The zero-order valence-corrected chi connectivity index (χ0v) is 59.2. The largest absolute Gasteiger partial charge is 0.472 e. The number of allylic oxidation sites excluding steroid dienone is 26. The number of phosphoric ester groups is 1. The first-order chi connectivity index (χ1) is 44.8. The molecule has 0 amide bonds. The lowest BCUT2D eigenvalue weighted by atomic mass is 10.0. The summed E-state index contributed by atoms with van der Waals surface area (Å²) >= 11 is 0. The van der Waals surface area contributed by atoms with Gasteiger partial charge in [-0.15, -0.1) is 0 Å². The van der Waals surface area contributed by atoms with Crippen LogP contribution in [0.15, 0.2) is 158 Å². The van der Waals surface area contributed by atoms with Gasteiger partial charge in [-0.3, -0.25) is 18.6 Å². The molecule has 0 aliphatic heterocycles. The van der Waals surface area contributed by atoms with E-state index in [4.69, 9.17) is 24.3 Å². The molecule has 0 aromatic rings. The fraction of sp³-hybridized carbons (Fsp3) is 0.654. The van der Waals surface area contributed by atoms with Gasteiger partial charge in [-0.1, -0.05) is 332 Å². The Morgan fingerprint density at radius 1 is 0.330 bits per heavy atom. The molecule has 518 valence electrons. The lowest BCUT2D eigenvalue weighted by Crippen LogP contribution is -2.29. The Balaban J connectivity index is 3.90. The molecule has 10 heteroatoms. The van der Waals surface area contributed by atoms with Gasteiger partial charge in [-0.25, -0.2) is 4.57 Å². The van der Waals surface area contributed by atoms with Crippen molar-refractivity contribution in [3.05, 3.63) is 158 Å². The van der Waals surface area contributed by atoms with Crippen LogP contribution in [0, 0.1) is 0 Å². The number of esters is 2. The molecular weight excluding hydrogens is 1150 g/mol. The third kappa shape index (κ3) is 74.5.